The number of imidazole rings is 2. The van der Waals surface area contributed by atoms with E-state index in [0.29, 0.717) is 0 Å². The molecule has 12 N–H and O–H groups in total. The van der Waals surface area contributed by atoms with Crippen LogP contribution in [0.1, 0.15) is 12.5 Å². The highest BCUT2D eigenvalue weighted by molar-refractivity contribution is 7.66. The Morgan fingerprint density at radius 2 is 1.19 bits per heavy atom. The third-order valence-corrected chi connectivity index (χ3v) is 12.2. The first-order valence-electron chi connectivity index (χ1n) is 14.8. The van der Waals surface area contributed by atoms with Crippen LogP contribution < -0.4 is 31.7 Å². The Kier molecular flexibility index (Phi) is 10.3. The minimum Gasteiger partial charge on any atom is -0.387 e. The van der Waals surface area contributed by atoms with Crippen LogP contribution in [0.5, 0.6) is 0 Å². The number of anilines is 2. The molecule has 0 aromatic carbocycles. The summed E-state index contributed by atoms with van der Waals surface area (Å²) in [5.74, 6) is -0.603. The summed E-state index contributed by atoms with van der Waals surface area (Å²) in [5, 5.41) is 31.5. The molecule has 0 radical (unpaired) electrons. The fourth-order valence-electron chi connectivity index (χ4n) is 5.73. The first-order chi connectivity index (χ1) is 24.6. The van der Waals surface area contributed by atoms with Gasteiger partial charge in [-0.05, 0) is 0 Å². The Balaban J connectivity index is 1.05. The van der Waals surface area contributed by atoms with Gasteiger partial charge in [-0.15, -0.1) is 0 Å². The number of phosphoric ester groups is 2. The zero-order valence-electron chi connectivity index (χ0n) is 26.9. The zero-order chi connectivity index (χ0) is 38.9. The summed E-state index contributed by atoms with van der Waals surface area (Å²) in [6, 6.07) is 0. The number of halogens is 1. The number of aliphatic hydroxyl groups excluding tert-OH is 3. The van der Waals surface area contributed by atoms with Crippen LogP contribution in [0.3, 0.4) is 0 Å². The molecular formula is C22H32FN10O17P3+2. The Morgan fingerprint density at radius 3 is 1.66 bits per heavy atom. The van der Waals surface area contributed by atoms with Crippen LogP contribution in [0, 0.1) is 0 Å². The number of nitrogens with one attached hydrogen (secondary N) is 2. The molecule has 53 heavy (non-hydrogen) atoms. The predicted octanol–water partition coefficient (Wildman–Crippen LogP) is -4.14. The number of aromatic amines is 2. The van der Waals surface area contributed by atoms with Crippen molar-refractivity contribution >= 4 is 57.7 Å². The molecular weight excluding hydrogens is 788 g/mol. The van der Waals surface area contributed by atoms with E-state index in [9.17, 15) is 53.3 Å². The summed E-state index contributed by atoms with van der Waals surface area (Å²) in [6.07, 6.45) is -11.9. The maximum Gasteiger partial charge on any atom is 0.490 e. The van der Waals surface area contributed by atoms with E-state index in [0.717, 1.165) is 9.13 Å². The van der Waals surface area contributed by atoms with E-state index in [4.69, 9.17) is 20.9 Å². The van der Waals surface area contributed by atoms with Crippen molar-refractivity contribution in [1.29, 1.82) is 0 Å². The highest BCUT2D eigenvalue weighted by atomic mass is 31.3. The lowest BCUT2D eigenvalue weighted by atomic mass is 10.1. The number of fused-ring (bicyclic) bond motifs is 2. The first kappa shape index (κ1) is 39.1. The van der Waals surface area contributed by atoms with Gasteiger partial charge >= 0.3 is 34.8 Å². The fourth-order valence-corrected chi connectivity index (χ4v) is 9.25. The number of nitrogens with two attached hydrogens (primary N) is 2. The molecule has 4 aromatic rings. The molecule has 3 unspecified atom stereocenters. The lowest BCUT2D eigenvalue weighted by Gasteiger charge is -2.21. The summed E-state index contributed by atoms with van der Waals surface area (Å²) in [5.41, 5.74) is 9.62. The molecule has 0 spiro atoms. The van der Waals surface area contributed by atoms with Crippen molar-refractivity contribution in [3.63, 3.8) is 0 Å². The zero-order valence-corrected chi connectivity index (χ0v) is 29.6. The number of hydrogen-bond acceptors (Lipinski definition) is 18. The van der Waals surface area contributed by atoms with Gasteiger partial charge in [0.25, 0.3) is 23.0 Å². The molecule has 2 saturated heterocycles. The second kappa shape index (κ2) is 13.9. The number of nitrogens with zero attached hydrogens (tertiary/aromatic N) is 6. The van der Waals surface area contributed by atoms with Crippen molar-refractivity contribution in [2.24, 2.45) is 14.1 Å². The molecule has 292 valence electrons. The number of aliphatic hydroxyl groups is 3. The van der Waals surface area contributed by atoms with Gasteiger partial charge in [-0.2, -0.15) is 8.62 Å². The smallest absolute Gasteiger partial charge is 0.387 e. The van der Waals surface area contributed by atoms with Gasteiger partial charge < -0.3 is 50.9 Å². The summed E-state index contributed by atoms with van der Waals surface area (Å²) in [7, 11) is -14.6. The fraction of sp³-hybridized carbons (Fsp3) is 0.545. The SMILES string of the molecule is Cn1c[n+]([C@@H]2O[C@H](COP(=O)(O)OP(=O)(O)OP(=O)(O)OC[C@@H]3O[C@H]([n+]4cn(C)c5c(=O)[nH]c(N)nc54)[C@@H](F)[C@H]3O)[C@@H](O)[C@H]2O)c2nc(N)[nH]c(=O)c21. The molecule has 0 aliphatic carbocycles. The van der Waals surface area contributed by atoms with Gasteiger partial charge in [0.05, 0.1) is 27.3 Å². The Morgan fingerprint density at radius 1 is 0.774 bits per heavy atom. The summed E-state index contributed by atoms with van der Waals surface area (Å²) >= 11 is 0. The van der Waals surface area contributed by atoms with Crippen molar-refractivity contribution in [3.8, 4) is 0 Å². The third kappa shape index (κ3) is 7.71. The van der Waals surface area contributed by atoms with Crippen LogP contribution in [0.4, 0.5) is 16.3 Å². The number of nitrogen functional groups attached to an aromatic ring is 2. The number of alkyl halides is 1. The van der Waals surface area contributed by atoms with Crippen LogP contribution in [-0.4, -0.2) is 109 Å². The number of ether oxygens (including phenoxy) is 2. The van der Waals surface area contributed by atoms with Gasteiger partial charge in [0.15, 0.2) is 18.8 Å². The van der Waals surface area contributed by atoms with Crippen LogP contribution in [0.15, 0.2) is 22.2 Å². The second-order valence-corrected chi connectivity index (χ2v) is 16.4. The molecule has 6 rings (SSSR count). The molecule has 4 aromatic heterocycles. The number of phosphoric acid groups is 3. The quantitative estimate of drug-likeness (QED) is 0.0479. The van der Waals surface area contributed by atoms with E-state index in [-0.39, 0.29) is 34.2 Å². The lowest BCUT2D eigenvalue weighted by molar-refractivity contribution is -0.745. The molecule has 11 atom stereocenters. The van der Waals surface area contributed by atoms with E-state index in [1.807, 2.05) is 0 Å². The molecule has 0 amide bonds. The van der Waals surface area contributed by atoms with Gasteiger partial charge in [-0.3, -0.25) is 37.7 Å². The molecule has 31 heteroatoms. The van der Waals surface area contributed by atoms with Crippen LogP contribution in [-0.2, 0) is 54.9 Å². The van der Waals surface area contributed by atoms with E-state index in [1.54, 1.807) is 0 Å². The minimum absolute atomic E-state index is 0.00586. The van der Waals surface area contributed by atoms with Crippen molar-refractivity contribution in [1.82, 2.24) is 29.1 Å². The molecule has 2 aliphatic rings. The van der Waals surface area contributed by atoms with Crippen molar-refractivity contribution < 1.29 is 84.4 Å². The number of H-pyrrole nitrogens is 2. The third-order valence-electron chi connectivity index (χ3n) is 7.98. The van der Waals surface area contributed by atoms with Gasteiger partial charge in [0, 0.05) is 0 Å². The minimum atomic E-state index is -6.03. The van der Waals surface area contributed by atoms with Gasteiger partial charge in [-0.1, -0.05) is 9.97 Å². The topological polar surface area (TPSA) is 389 Å². The Labute approximate surface area is 292 Å². The van der Waals surface area contributed by atoms with Crippen LogP contribution >= 0.6 is 23.5 Å². The van der Waals surface area contributed by atoms with Crippen LogP contribution in [0.25, 0.3) is 22.3 Å². The van der Waals surface area contributed by atoms with E-state index >= 15 is 4.39 Å². The van der Waals surface area contributed by atoms with Crippen molar-refractivity contribution in [2.45, 2.75) is 49.1 Å². The molecule has 2 fully saturated rings. The predicted molar refractivity (Wildman–Crippen MR) is 166 cm³/mol. The Bertz CT molecular complexity index is 2180. The summed E-state index contributed by atoms with van der Waals surface area (Å²) in [6.45, 7) is -2.25. The van der Waals surface area contributed by atoms with Gasteiger partial charge in [0.1, 0.15) is 30.5 Å². The maximum absolute atomic E-state index is 15.2. The van der Waals surface area contributed by atoms with Gasteiger partial charge in [0.2, 0.25) is 23.5 Å². The Hall–Kier alpha value is -3.56. The van der Waals surface area contributed by atoms with E-state index in [1.165, 1.54) is 35.9 Å². The summed E-state index contributed by atoms with van der Waals surface area (Å²) < 4.78 is 85.5. The standard InChI is InChI=1S/C22H30FN10O17P3/c1-30-5-32(15-10(30)17(37)28-21(24)26-15)19-9(23)12(34)7(47-19)3-45-51(39,40)49-53(43,44)50-52(41,42)46-4-8-13(35)14(36)20(48-8)33-6-31(2)11-16(33)27-22(25)29-18(11)38/h5-9,12-14,19-20,34-36H,3-4H2,1-2H3,(H7-2,24,25,26,27,28,29,37,38,39,40,41,42,43,44)/p+2/t7-,8+,9-,12-,13+,14+,19-,20+/m0/s1. The highest BCUT2D eigenvalue weighted by Crippen LogP contribution is 2.67. The number of rotatable bonds is 12. The monoisotopic (exact) mass is 820 g/mol. The molecule has 0 saturated carbocycles. The number of hydrogen-bond donors (Lipinski definition) is 10. The van der Waals surface area contributed by atoms with E-state index < -0.39 is 96.9 Å². The maximum atomic E-state index is 15.2. The summed E-state index contributed by atoms with van der Waals surface area (Å²) in [4.78, 5) is 67.1. The molecule has 27 nitrogen and oxygen atoms in total. The molecule has 0 bridgehead atoms. The van der Waals surface area contributed by atoms with E-state index in [2.05, 4.69) is 37.6 Å². The average Bonchev–Trinajstić information content (AvgIpc) is 3.71. The normalized spacial score (nSPS) is 29.8. The molecule has 2 aliphatic heterocycles. The van der Waals surface area contributed by atoms with Crippen molar-refractivity contribution in [2.75, 3.05) is 24.7 Å². The van der Waals surface area contributed by atoms with Crippen LogP contribution in [0.2, 0.25) is 0 Å². The number of aromatic nitrogens is 8. The van der Waals surface area contributed by atoms with Crippen molar-refractivity contribution in [3.05, 3.63) is 33.4 Å². The van der Waals surface area contributed by atoms with Gasteiger partial charge in [-0.25, -0.2) is 27.2 Å². The lowest BCUT2D eigenvalue weighted by Crippen LogP contribution is -2.46. The second-order valence-electron chi connectivity index (χ2n) is 11.7. The first-order valence-corrected chi connectivity index (χ1v) is 19.3. The number of aryl methyl sites for hydroxylation is 2. The average molecular weight is 820 g/mol. The largest absolute Gasteiger partial charge is 0.490 e. The highest BCUT2D eigenvalue weighted by Gasteiger charge is 2.51. The molecule has 6 heterocycles.